The summed E-state index contributed by atoms with van der Waals surface area (Å²) >= 11 is 0. The molecule has 5 nitrogen and oxygen atoms in total. The SMILES string of the molecule is CC1OC2(CCN(CCc3cccnc3)CC2)CN(c2ccccc2)C1=O. The normalized spacial score (nSPS) is 22.9. The summed E-state index contributed by atoms with van der Waals surface area (Å²) in [6.07, 6.45) is 6.31. The van der Waals surface area contributed by atoms with Crippen molar-refractivity contribution < 1.29 is 9.53 Å². The molecule has 0 aliphatic carbocycles. The maximum atomic E-state index is 12.7. The lowest BCUT2D eigenvalue weighted by atomic mass is 9.88. The van der Waals surface area contributed by atoms with Crippen LogP contribution in [0.15, 0.2) is 54.9 Å². The number of ether oxygens (including phenoxy) is 1. The summed E-state index contributed by atoms with van der Waals surface area (Å²) < 4.78 is 6.26. The lowest BCUT2D eigenvalue weighted by molar-refractivity contribution is -0.161. The number of rotatable bonds is 4. The van der Waals surface area contributed by atoms with E-state index in [-0.39, 0.29) is 17.6 Å². The summed E-state index contributed by atoms with van der Waals surface area (Å²) in [5, 5.41) is 0. The molecule has 3 heterocycles. The van der Waals surface area contributed by atoms with Crippen LogP contribution in [0.3, 0.4) is 0 Å². The Morgan fingerprint density at radius 2 is 1.93 bits per heavy atom. The van der Waals surface area contributed by atoms with Crippen molar-refractivity contribution in [1.82, 2.24) is 9.88 Å². The third-order valence-electron chi connectivity index (χ3n) is 5.76. The van der Waals surface area contributed by atoms with E-state index in [4.69, 9.17) is 4.74 Å². The first-order chi connectivity index (χ1) is 13.2. The zero-order valence-electron chi connectivity index (χ0n) is 15.9. The van der Waals surface area contributed by atoms with E-state index in [0.717, 1.165) is 44.6 Å². The number of hydrogen-bond donors (Lipinski definition) is 0. The second kappa shape index (κ2) is 7.79. The molecule has 27 heavy (non-hydrogen) atoms. The van der Waals surface area contributed by atoms with Gasteiger partial charge in [-0.05, 0) is 49.9 Å². The maximum Gasteiger partial charge on any atom is 0.255 e. The van der Waals surface area contributed by atoms with Gasteiger partial charge in [-0.3, -0.25) is 9.78 Å². The van der Waals surface area contributed by atoms with E-state index < -0.39 is 0 Å². The summed E-state index contributed by atoms with van der Waals surface area (Å²) in [5.41, 5.74) is 2.02. The van der Waals surface area contributed by atoms with Crippen molar-refractivity contribution in [3.8, 4) is 0 Å². The monoisotopic (exact) mass is 365 g/mol. The highest BCUT2D eigenvalue weighted by Gasteiger charge is 2.45. The molecule has 2 aromatic rings. The van der Waals surface area contributed by atoms with Gasteiger partial charge in [0, 0.05) is 37.7 Å². The fraction of sp³-hybridized carbons (Fsp3) is 0.455. The van der Waals surface area contributed by atoms with Crippen molar-refractivity contribution in [2.45, 2.75) is 37.9 Å². The molecule has 2 fully saturated rings. The second-order valence-electron chi connectivity index (χ2n) is 7.66. The number of benzene rings is 1. The molecule has 0 bridgehead atoms. The van der Waals surface area contributed by atoms with E-state index in [1.165, 1.54) is 5.56 Å². The summed E-state index contributed by atoms with van der Waals surface area (Å²) in [4.78, 5) is 21.3. The summed E-state index contributed by atoms with van der Waals surface area (Å²) in [6, 6.07) is 14.1. The van der Waals surface area contributed by atoms with Gasteiger partial charge in [-0.2, -0.15) is 0 Å². The number of nitrogens with zero attached hydrogens (tertiary/aromatic N) is 3. The standard InChI is InChI=1S/C22H27N3O2/c1-18-21(26)25(20-7-3-2-4-8-20)17-22(27-18)10-14-24(15-11-22)13-9-19-6-5-12-23-16-19/h2-8,12,16,18H,9-11,13-15,17H2,1H3. The van der Waals surface area contributed by atoms with E-state index in [0.29, 0.717) is 6.54 Å². The van der Waals surface area contributed by atoms with Gasteiger partial charge in [-0.25, -0.2) is 0 Å². The van der Waals surface area contributed by atoms with Crippen molar-refractivity contribution in [3.05, 3.63) is 60.4 Å². The first-order valence-electron chi connectivity index (χ1n) is 9.81. The van der Waals surface area contributed by atoms with Crippen molar-refractivity contribution >= 4 is 11.6 Å². The molecule has 1 aromatic carbocycles. The molecular formula is C22H27N3O2. The van der Waals surface area contributed by atoms with Crippen molar-refractivity contribution in [3.63, 3.8) is 0 Å². The van der Waals surface area contributed by atoms with Crippen molar-refractivity contribution in [2.75, 3.05) is 31.1 Å². The molecule has 2 aliphatic rings. The van der Waals surface area contributed by atoms with Gasteiger partial charge in [0.05, 0.1) is 12.1 Å². The van der Waals surface area contributed by atoms with Crippen LogP contribution in [0.5, 0.6) is 0 Å². The fourth-order valence-electron chi connectivity index (χ4n) is 4.17. The second-order valence-corrected chi connectivity index (χ2v) is 7.66. The minimum absolute atomic E-state index is 0.0610. The van der Waals surface area contributed by atoms with Gasteiger partial charge < -0.3 is 14.5 Å². The van der Waals surface area contributed by atoms with Crippen LogP contribution >= 0.6 is 0 Å². The molecule has 0 radical (unpaired) electrons. The summed E-state index contributed by atoms with van der Waals surface area (Å²) in [5.74, 6) is 0.0610. The highest BCUT2D eigenvalue weighted by atomic mass is 16.5. The van der Waals surface area contributed by atoms with E-state index in [9.17, 15) is 4.79 Å². The number of hydrogen-bond acceptors (Lipinski definition) is 4. The predicted molar refractivity (Wildman–Crippen MR) is 106 cm³/mol. The molecule has 4 rings (SSSR count). The fourth-order valence-corrected chi connectivity index (χ4v) is 4.17. The minimum Gasteiger partial charge on any atom is -0.360 e. The van der Waals surface area contributed by atoms with Gasteiger partial charge in [-0.15, -0.1) is 0 Å². The molecule has 5 heteroatoms. The number of carbonyl (C=O) groups excluding carboxylic acids is 1. The largest absolute Gasteiger partial charge is 0.360 e. The van der Waals surface area contributed by atoms with Crippen LogP contribution < -0.4 is 4.90 Å². The van der Waals surface area contributed by atoms with Gasteiger partial charge in [0.25, 0.3) is 5.91 Å². The van der Waals surface area contributed by atoms with E-state index >= 15 is 0 Å². The average Bonchev–Trinajstić information content (AvgIpc) is 2.72. The Kier molecular flexibility index (Phi) is 5.23. The lowest BCUT2D eigenvalue weighted by Crippen LogP contribution is -2.61. The first-order valence-corrected chi connectivity index (χ1v) is 9.81. The maximum absolute atomic E-state index is 12.7. The summed E-state index contributed by atoms with van der Waals surface area (Å²) in [7, 11) is 0. The Bertz CT molecular complexity index is 758. The number of amides is 1. The van der Waals surface area contributed by atoms with Crippen LogP contribution in [0.2, 0.25) is 0 Å². The van der Waals surface area contributed by atoms with Gasteiger partial charge in [-0.1, -0.05) is 24.3 Å². The zero-order valence-corrected chi connectivity index (χ0v) is 15.9. The predicted octanol–water partition coefficient (Wildman–Crippen LogP) is 2.91. The molecule has 2 aliphatic heterocycles. The Morgan fingerprint density at radius 1 is 1.15 bits per heavy atom. The van der Waals surface area contributed by atoms with Crippen LogP contribution in [0.1, 0.15) is 25.3 Å². The number of para-hydroxylation sites is 1. The molecule has 1 atom stereocenters. The first kappa shape index (κ1) is 18.1. The number of anilines is 1. The Labute approximate surface area is 161 Å². The Hall–Kier alpha value is -2.24. The van der Waals surface area contributed by atoms with Crippen molar-refractivity contribution in [2.24, 2.45) is 0 Å². The highest BCUT2D eigenvalue weighted by molar-refractivity contribution is 5.97. The molecule has 142 valence electrons. The molecule has 0 saturated carbocycles. The number of carbonyl (C=O) groups is 1. The zero-order chi connectivity index (χ0) is 18.7. The minimum atomic E-state index is -0.388. The van der Waals surface area contributed by atoms with Crippen molar-refractivity contribution in [1.29, 1.82) is 0 Å². The molecule has 1 amide bonds. The van der Waals surface area contributed by atoms with Crippen LogP contribution in [0, 0.1) is 0 Å². The van der Waals surface area contributed by atoms with Gasteiger partial charge in [0.15, 0.2) is 0 Å². The molecule has 0 N–H and O–H groups in total. The highest BCUT2D eigenvalue weighted by Crippen LogP contribution is 2.34. The van der Waals surface area contributed by atoms with E-state index in [1.54, 1.807) is 0 Å². The molecule has 1 spiro atoms. The van der Waals surface area contributed by atoms with E-state index in [2.05, 4.69) is 16.0 Å². The van der Waals surface area contributed by atoms with Gasteiger partial charge in [0.1, 0.15) is 6.10 Å². The molecule has 1 unspecified atom stereocenters. The Balaban J connectivity index is 1.38. The van der Waals surface area contributed by atoms with E-state index in [1.807, 2.05) is 60.6 Å². The summed E-state index contributed by atoms with van der Waals surface area (Å²) in [6.45, 7) is 5.58. The van der Waals surface area contributed by atoms with Gasteiger partial charge >= 0.3 is 0 Å². The number of pyridine rings is 1. The number of aromatic nitrogens is 1. The quantitative estimate of drug-likeness (QED) is 0.836. The topological polar surface area (TPSA) is 45.7 Å². The third kappa shape index (κ3) is 4.04. The van der Waals surface area contributed by atoms with Crippen LogP contribution in [-0.2, 0) is 16.0 Å². The van der Waals surface area contributed by atoms with Gasteiger partial charge in [0.2, 0.25) is 0 Å². The third-order valence-corrected chi connectivity index (χ3v) is 5.76. The number of morpholine rings is 1. The Morgan fingerprint density at radius 3 is 2.63 bits per heavy atom. The molecular weight excluding hydrogens is 338 g/mol. The smallest absolute Gasteiger partial charge is 0.255 e. The molecule has 2 saturated heterocycles. The average molecular weight is 365 g/mol. The molecule has 1 aromatic heterocycles. The lowest BCUT2D eigenvalue weighted by Gasteiger charge is -2.49. The van der Waals surface area contributed by atoms with Crippen LogP contribution in [-0.4, -0.2) is 53.7 Å². The van der Waals surface area contributed by atoms with Crippen LogP contribution in [0.25, 0.3) is 0 Å². The number of piperidine rings is 1. The van der Waals surface area contributed by atoms with Crippen LogP contribution in [0.4, 0.5) is 5.69 Å². The number of likely N-dealkylation sites (tertiary alicyclic amines) is 1.